The SMILES string of the molecule is O=C(O)[C@H]1C[C@H](CO)CN1. The zero-order valence-electron chi connectivity index (χ0n) is 5.58. The maximum Gasteiger partial charge on any atom is 0.320 e. The molecule has 2 atom stereocenters. The number of carboxylic acid groups (broad SMARTS) is 1. The van der Waals surface area contributed by atoms with Crippen molar-refractivity contribution in [2.24, 2.45) is 5.92 Å². The van der Waals surface area contributed by atoms with Gasteiger partial charge in [0.15, 0.2) is 0 Å². The number of aliphatic carboxylic acids is 1. The lowest BCUT2D eigenvalue weighted by Gasteiger charge is -2.01. The molecule has 1 fully saturated rings. The van der Waals surface area contributed by atoms with E-state index in [9.17, 15) is 4.79 Å². The molecule has 1 heterocycles. The second-order valence-corrected chi connectivity index (χ2v) is 2.58. The van der Waals surface area contributed by atoms with E-state index in [0.717, 1.165) is 0 Å². The summed E-state index contributed by atoms with van der Waals surface area (Å²) in [6.07, 6.45) is 0.547. The van der Waals surface area contributed by atoms with Gasteiger partial charge in [-0.1, -0.05) is 0 Å². The number of aliphatic hydroxyl groups excluding tert-OH is 1. The van der Waals surface area contributed by atoms with Crippen molar-refractivity contribution in [3.05, 3.63) is 0 Å². The molecular weight excluding hydrogens is 134 g/mol. The highest BCUT2D eigenvalue weighted by Gasteiger charge is 2.28. The summed E-state index contributed by atoms with van der Waals surface area (Å²) in [5.74, 6) is -0.697. The van der Waals surface area contributed by atoms with E-state index in [1.807, 2.05) is 0 Å². The molecule has 0 amide bonds. The van der Waals surface area contributed by atoms with Gasteiger partial charge in [-0.2, -0.15) is 0 Å². The maximum atomic E-state index is 10.3. The van der Waals surface area contributed by atoms with Crippen LogP contribution in [0.3, 0.4) is 0 Å². The van der Waals surface area contributed by atoms with Crippen molar-refractivity contribution in [1.29, 1.82) is 0 Å². The first-order valence-corrected chi connectivity index (χ1v) is 3.31. The van der Waals surface area contributed by atoms with Crippen LogP contribution in [-0.2, 0) is 4.79 Å². The lowest BCUT2D eigenvalue weighted by Crippen LogP contribution is -2.29. The van der Waals surface area contributed by atoms with Crippen LogP contribution in [0.1, 0.15) is 6.42 Å². The molecule has 0 radical (unpaired) electrons. The van der Waals surface area contributed by atoms with Crippen molar-refractivity contribution in [3.63, 3.8) is 0 Å². The highest BCUT2D eigenvalue weighted by molar-refractivity contribution is 5.73. The molecule has 1 saturated heterocycles. The minimum atomic E-state index is -0.823. The van der Waals surface area contributed by atoms with Gasteiger partial charge in [0.2, 0.25) is 0 Å². The summed E-state index contributed by atoms with van der Waals surface area (Å²) in [6.45, 7) is 0.699. The van der Waals surface area contributed by atoms with E-state index in [4.69, 9.17) is 10.2 Å². The highest BCUT2D eigenvalue weighted by atomic mass is 16.4. The van der Waals surface area contributed by atoms with Crippen LogP contribution in [0.5, 0.6) is 0 Å². The van der Waals surface area contributed by atoms with Gasteiger partial charge in [-0.05, 0) is 12.3 Å². The van der Waals surface area contributed by atoms with Crippen LogP contribution < -0.4 is 5.32 Å². The fourth-order valence-corrected chi connectivity index (χ4v) is 1.14. The fourth-order valence-electron chi connectivity index (χ4n) is 1.14. The lowest BCUT2D eigenvalue weighted by atomic mass is 10.1. The standard InChI is InChI=1S/C6H11NO3/c8-3-4-1-5(6(9)10)7-2-4/h4-5,7-8H,1-3H2,(H,9,10)/t4-,5+/m0/s1. The Hall–Kier alpha value is -0.610. The van der Waals surface area contributed by atoms with Crippen LogP contribution in [-0.4, -0.2) is 35.4 Å². The Bertz CT molecular complexity index is 137. The second kappa shape index (κ2) is 2.98. The Labute approximate surface area is 58.9 Å². The van der Waals surface area contributed by atoms with E-state index < -0.39 is 12.0 Å². The molecule has 0 spiro atoms. The monoisotopic (exact) mass is 145 g/mol. The van der Waals surface area contributed by atoms with E-state index in [1.54, 1.807) is 0 Å². The van der Waals surface area contributed by atoms with Gasteiger partial charge in [0.25, 0.3) is 0 Å². The normalized spacial score (nSPS) is 32.5. The summed E-state index contributed by atoms with van der Waals surface area (Å²) in [7, 11) is 0. The molecule has 4 heteroatoms. The van der Waals surface area contributed by atoms with E-state index in [0.29, 0.717) is 13.0 Å². The summed E-state index contributed by atoms with van der Waals surface area (Å²) in [6, 6.07) is -0.447. The number of carboxylic acids is 1. The van der Waals surface area contributed by atoms with Crippen molar-refractivity contribution in [2.75, 3.05) is 13.2 Å². The molecule has 1 aliphatic rings. The van der Waals surface area contributed by atoms with Gasteiger partial charge >= 0.3 is 5.97 Å². The maximum absolute atomic E-state index is 10.3. The summed E-state index contributed by atoms with van der Waals surface area (Å²) < 4.78 is 0. The van der Waals surface area contributed by atoms with Gasteiger partial charge in [0.1, 0.15) is 6.04 Å². The van der Waals surface area contributed by atoms with Gasteiger partial charge in [-0.15, -0.1) is 0 Å². The molecule has 10 heavy (non-hydrogen) atoms. The van der Waals surface area contributed by atoms with Crippen molar-refractivity contribution < 1.29 is 15.0 Å². The Morgan fingerprint density at radius 2 is 2.40 bits per heavy atom. The van der Waals surface area contributed by atoms with Crippen molar-refractivity contribution in [1.82, 2.24) is 5.32 Å². The third-order valence-corrected chi connectivity index (χ3v) is 1.78. The van der Waals surface area contributed by atoms with Crippen LogP contribution in [0.15, 0.2) is 0 Å². The zero-order chi connectivity index (χ0) is 7.56. The molecular formula is C6H11NO3. The molecule has 0 saturated carbocycles. The summed E-state index contributed by atoms with van der Waals surface area (Å²) in [5.41, 5.74) is 0. The molecule has 58 valence electrons. The number of nitrogens with one attached hydrogen (secondary N) is 1. The van der Waals surface area contributed by atoms with Crippen LogP contribution in [0, 0.1) is 5.92 Å². The van der Waals surface area contributed by atoms with Crippen molar-refractivity contribution in [2.45, 2.75) is 12.5 Å². The molecule has 0 aromatic rings. The smallest absolute Gasteiger partial charge is 0.320 e. The van der Waals surface area contributed by atoms with Gasteiger partial charge in [-0.3, -0.25) is 4.79 Å². The molecule has 1 rings (SSSR count). The number of carbonyl (C=O) groups is 1. The quantitative estimate of drug-likeness (QED) is 0.468. The first-order valence-electron chi connectivity index (χ1n) is 3.31. The largest absolute Gasteiger partial charge is 0.480 e. The van der Waals surface area contributed by atoms with Gasteiger partial charge < -0.3 is 15.5 Å². The molecule has 1 aliphatic heterocycles. The molecule has 0 bridgehead atoms. The Morgan fingerprint density at radius 1 is 1.70 bits per heavy atom. The Morgan fingerprint density at radius 3 is 2.70 bits per heavy atom. The van der Waals surface area contributed by atoms with E-state index >= 15 is 0 Å². The number of aliphatic hydroxyl groups is 1. The van der Waals surface area contributed by atoms with Crippen LogP contribution in [0.25, 0.3) is 0 Å². The van der Waals surface area contributed by atoms with Gasteiger partial charge in [0.05, 0.1) is 0 Å². The van der Waals surface area contributed by atoms with Gasteiger partial charge in [-0.25, -0.2) is 0 Å². The average molecular weight is 145 g/mol. The first-order chi connectivity index (χ1) is 4.74. The second-order valence-electron chi connectivity index (χ2n) is 2.58. The zero-order valence-corrected chi connectivity index (χ0v) is 5.58. The van der Waals surface area contributed by atoms with Crippen molar-refractivity contribution in [3.8, 4) is 0 Å². The highest BCUT2D eigenvalue weighted by Crippen LogP contribution is 2.12. The van der Waals surface area contributed by atoms with Gasteiger partial charge in [0, 0.05) is 13.2 Å². The minimum absolute atomic E-state index is 0.0801. The van der Waals surface area contributed by atoms with E-state index in [1.165, 1.54) is 0 Å². The van der Waals surface area contributed by atoms with E-state index in [2.05, 4.69) is 5.32 Å². The predicted octanol–water partition coefficient (Wildman–Crippen LogP) is -0.959. The molecule has 3 N–H and O–H groups in total. The van der Waals surface area contributed by atoms with Crippen LogP contribution in [0.4, 0.5) is 0 Å². The predicted molar refractivity (Wildman–Crippen MR) is 34.6 cm³/mol. The lowest BCUT2D eigenvalue weighted by molar-refractivity contribution is -0.139. The number of rotatable bonds is 2. The Balaban J connectivity index is 2.35. The van der Waals surface area contributed by atoms with Crippen LogP contribution in [0.2, 0.25) is 0 Å². The van der Waals surface area contributed by atoms with Crippen molar-refractivity contribution >= 4 is 5.97 Å². The Kier molecular flexibility index (Phi) is 2.24. The van der Waals surface area contributed by atoms with Crippen LogP contribution >= 0.6 is 0 Å². The third-order valence-electron chi connectivity index (χ3n) is 1.78. The summed E-state index contributed by atoms with van der Waals surface area (Å²) in [4.78, 5) is 10.3. The summed E-state index contributed by atoms with van der Waals surface area (Å²) >= 11 is 0. The third kappa shape index (κ3) is 1.46. The number of hydrogen-bond donors (Lipinski definition) is 3. The molecule has 0 unspecified atom stereocenters. The first kappa shape index (κ1) is 7.50. The minimum Gasteiger partial charge on any atom is -0.480 e. The average Bonchev–Trinajstić information content (AvgIpc) is 2.34. The van der Waals surface area contributed by atoms with E-state index in [-0.39, 0.29) is 12.5 Å². The number of hydrogen-bond acceptors (Lipinski definition) is 3. The fraction of sp³-hybridized carbons (Fsp3) is 0.833. The molecule has 4 nitrogen and oxygen atoms in total. The summed E-state index contributed by atoms with van der Waals surface area (Å²) in [5, 5.41) is 19.9. The molecule has 0 aliphatic carbocycles. The molecule has 0 aromatic heterocycles. The topological polar surface area (TPSA) is 69.6 Å². The molecule has 0 aromatic carbocycles.